The summed E-state index contributed by atoms with van der Waals surface area (Å²) in [5.74, 6) is -0.507. The number of nitrogens with zero attached hydrogens (tertiary/aromatic N) is 4. The number of nitro groups is 1. The molecule has 0 amide bonds. The summed E-state index contributed by atoms with van der Waals surface area (Å²) in [5, 5.41) is 17.6. The van der Waals surface area contributed by atoms with Crippen LogP contribution < -0.4 is 14.3 Å². The number of rotatable bonds is 5. The predicted molar refractivity (Wildman–Crippen MR) is 114 cm³/mol. The number of thiazole rings is 1. The zero-order valence-electron chi connectivity index (χ0n) is 16.5. The summed E-state index contributed by atoms with van der Waals surface area (Å²) in [6.45, 7) is -0.0404. The first-order chi connectivity index (χ1) is 16.0. The zero-order chi connectivity index (χ0) is 22.9. The maximum atomic E-state index is 14.2. The van der Waals surface area contributed by atoms with Gasteiger partial charge in [-0.15, -0.1) is 11.3 Å². The van der Waals surface area contributed by atoms with Gasteiger partial charge < -0.3 is 13.9 Å². The summed E-state index contributed by atoms with van der Waals surface area (Å²) < 4.78 is 44.7. The van der Waals surface area contributed by atoms with Crippen molar-refractivity contribution in [1.82, 2.24) is 4.68 Å². The molecule has 4 aromatic rings. The Kier molecular flexibility index (Phi) is 5.18. The van der Waals surface area contributed by atoms with Gasteiger partial charge in [-0.3, -0.25) is 10.1 Å². The van der Waals surface area contributed by atoms with Crippen LogP contribution in [0.25, 0.3) is 11.5 Å². The third kappa shape index (κ3) is 3.99. The van der Waals surface area contributed by atoms with E-state index < -0.39 is 16.6 Å². The minimum Gasteiger partial charge on any atom is -0.463 e. The van der Waals surface area contributed by atoms with E-state index in [9.17, 15) is 18.9 Å². The highest BCUT2D eigenvalue weighted by atomic mass is 32.1. The lowest BCUT2D eigenvalue weighted by molar-refractivity contribution is -0.385. The van der Waals surface area contributed by atoms with Gasteiger partial charge in [0.25, 0.3) is 5.69 Å². The van der Waals surface area contributed by atoms with E-state index >= 15 is 0 Å². The lowest BCUT2D eigenvalue weighted by Gasteiger charge is -2.03. The van der Waals surface area contributed by atoms with Crippen LogP contribution in [0.3, 0.4) is 0 Å². The molecule has 0 fully saturated rings. The molecule has 0 spiro atoms. The van der Waals surface area contributed by atoms with E-state index in [1.807, 2.05) is 0 Å². The van der Waals surface area contributed by atoms with Crippen LogP contribution in [0.5, 0.6) is 11.5 Å². The number of furan rings is 1. The highest BCUT2D eigenvalue weighted by Gasteiger charge is 2.22. The normalized spacial score (nSPS) is 13.2. The van der Waals surface area contributed by atoms with Crippen LogP contribution >= 0.6 is 11.3 Å². The van der Waals surface area contributed by atoms with Crippen LogP contribution in [0.2, 0.25) is 0 Å². The van der Waals surface area contributed by atoms with E-state index in [1.54, 1.807) is 17.5 Å². The molecule has 1 aliphatic rings. The van der Waals surface area contributed by atoms with E-state index in [-0.39, 0.29) is 34.3 Å². The summed E-state index contributed by atoms with van der Waals surface area (Å²) in [6, 6.07) is 9.09. The Hall–Kier alpha value is -4.32. The fourth-order valence-electron chi connectivity index (χ4n) is 3.09. The molecule has 0 saturated heterocycles. The molecule has 0 atom stereocenters. The molecule has 2 aromatic carbocycles. The van der Waals surface area contributed by atoms with E-state index in [2.05, 4.69) is 10.1 Å². The maximum absolute atomic E-state index is 14.2. The van der Waals surface area contributed by atoms with Crippen molar-refractivity contribution in [2.75, 3.05) is 6.79 Å². The van der Waals surface area contributed by atoms with Gasteiger partial charge in [0.05, 0.1) is 29.0 Å². The van der Waals surface area contributed by atoms with Gasteiger partial charge in [0.15, 0.2) is 23.1 Å². The average Bonchev–Trinajstić information content (AvgIpc) is 3.54. The van der Waals surface area contributed by atoms with Crippen LogP contribution in [-0.4, -0.2) is 22.6 Å². The Bertz CT molecular complexity index is 1460. The van der Waals surface area contributed by atoms with Crippen molar-refractivity contribution in [3.8, 4) is 23.0 Å². The monoisotopic (exact) mass is 470 g/mol. The molecule has 5 rings (SSSR count). The smallest absolute Gasteiger partial charge is 0.282 e. The number of nitro benzene ring substituents is 1. The van der Waals surface area contributed by atoms with Gasteiger partial charge in [0.2, 0.25) is 11.6 Å². The number of ether oxygens (including phenoxy) is 2. The molecule has 9 nitrogen and oxygen atoms in total. The van der Waals surface area contributed by atoms with Crippen molar-refractivity contribution in [1.29, 1.82) is 0 Å². The molecule has 166 valence electrons. The SMILES string of the molecule is O=[N+]([O-])c1cc2c(cc1C=Nn1c(-c3ccco3)csc1=Nc1ccc(F)cc1F)OCO2. The second kappa shape index (κ2) is 8.31. The fourth-order valence-corrected chi connectivity index (χ4v) is 3.92. The number of benzene rings is 2. The van der Waals surface area contributed by atoms with Crippen molar-refractivity contribution >= 4 is 28.9 Å². The summed E-state index contributed by atoms with van der Waals surface area (Å²) in [4.78, 5) is 15.5. The summed E-state index contributed by atoms with van der Waals surface area (Å²) in [7, 11) is 0. The Balaban J connectivity index is 1.65. The molecular weight excluding hydrogens is 458 g/mol. The number of fused-ring (bicyclic) bond motifs is 1. The van der Waals surface area contributed by atoms with E-state index in [1.165, 1.54) is 35.4 Å². The highest BCUT2D eigenvalue weighted by molar-refractivity contribution is 7.07. The largest absolute Gasteiger partial charge is 0.463 e. The molecule has 0 radical (unpaired) electrons. The quantitative estimate of drug-likeness (QED) is 0.236. The summed E-state index contributed by atoms with van der Waals surface area (Å²) >= 11 is 1.13. The van der Waals surface area contributed by atoms with Crippen molar-refractivity contribution in [2.45, 2.75) is 0 Å². The average molecular weight is 470 g/mol. The second-order valence-electron chi connectivity index (χ2n) is 6.67. The predicted octanol–water partition coefficient (Wildman–Crippen LogP) is 4.84. The Morgan fingerprint density at radius 2 is 1.97 bits per heavy atom. The van der Waals surface area contributed by atoms with Crippen molar-refractivity contribution in [2.24, 2.45) is 10.1 Å². The van der Waals surface area contributed by atoms with Crippen molar-refractivity contribution in [3.63, 3.8) is 0 Å². The fraction of sp³-hybridized carbons (Fsp3) is 0.0476. The second-order valence-corrected chi connectivity index (χ2v) is 7.50. The first-order valence-corrected chi connectivity index (χ1v) is 10.2. The molecular formula is C21H12F2N4O5S. The Morgan fingerprint density at radius 3 is 2.70 bits per heavy atom. The molecule has 0 bridgehead atoms. The van der Waals surface area contributed by atoms with Gasteiger partial charge in [0.1, 0.15) is 17.2 Å². The van der Waals surface area contributed by atoms with E-state index in [4.69, 9.17) is 13.9 Å². The number of halogens is 2. The first-order valence-electron chi connectivity index (χ1n) is 9.36. The van der Waals surface area contributed by atoms with Crippen LogP contribution in [0.15, 0.2) is 68.6 Å². The molecule has 0 aliphatic carbocycles. The maximum Gasteiger partial charge on any atom is 0.282 e. The number of hydrogen-bond acceptors (Lipinski definition) is 8. The molecule has 0 N–H and O–H groups in total. The minimum absolute atomic E-state index is 0.0404. The van der Waals surface area contributed by atoms with Crippen LogP contribution in [0.1, 0.15) is 5.56 Å². The molecule has 12 heteroatoms. The van der Waals surface area contributed by atoms with Gasteiger partial charge in [0, 0.05) is 11.4 Å². The summed E-state index contributed by atoms with van der Waals surface area (Å²) in [5.41, 5.74) is 0.307. The third-order valence-electron chi connectivity index (χ3n) is 4.62. The van der Waals surface area contributed by atoms with Crippen LogP contribution in [-0.2, 0) is 0 Å². The Morgan fingerprint density at radius 1 is 1.15 bits per heavy atom. The van der Waals surface area contributed by atoms with Crippen molar-refractivity contribution in [3.05, 3.63) is 86.2 Å². The van der Waals surface area contributed by atoms with Gasteiger partial charge in [-0.2, -0.15) is 5.10 Å². The lowest BCUT2D eigenvalue weighted by atomic mass is 10.1. The highest BCUT2D eigenvalue weighted by Crippen LogP contribution is 2.37. The van der Waals surface area contributed by atoms with Gasteiger partial charge >= 0.3 is 0 Å². The van der Waals surface area contributed by atoms with Gasteiger partial charge in [-0.1, -0.05) is 0 Å². The standard InChI is InChI=1S/C21H12F2N4O5S/c22-13-3-4-15(14(23)7-13)25-21-26(17(10-33-21)18-2-1-5-30-18)24-9-12-6-19-20(32-11-31-19)8-16(12)27(28)29/h1-10H,11H2. The van der Waals surface area contributed by atoms with Crippen LogP contribution in [0, 0.1) is 21.7 Å². The molecule has 3 heterocycles. The number of aromatic nitrogens is 1. The molecule has 1 aliphatic heterocycles. The minimum atomic E-state index is -0.843. The zero-order valence-corrected chi connectivity index (χ0v) is 17.3. The van der Waals surface area contributed by atoms with Crippen molar-refractivity contribution < 1.29 is 27.6 Å². The lowest BCUT2D eigenvalue weighted by Crippen LogP contribution is -2.12. The molecule has 0 unspecified atom stereocenters. The molecule has 0 saturated carbocycles. The summed E-state index contributed by atoms with van der Waals surface area (Å²) in [6.07, 6.45) is 2.74. The first kappa shape index (κ1) is 20.6. The van der Waals surface area contributed by atoms with E-state index in [0.29, 0.717) is 17.2 Å². The topological polar surface area (TPSA) is 104 Å². The number of hydrogen-bond donors (Lipinski definition) is 0. The van der Waals surface area contributed by atoms with Gasteiger partial charge in [-0.25, -0.2) is 18.4 Å². The molecule has 2 aromatic heterocycles. The van der Waals surface area contributed by atoms with E-state index in [0.717, 1.165) is 23.5 Å². The van der Waals surface area contributed by atoms with Gasteiger partial charge in [-0.05, 0) is 30.3 Å². The third-order valence-corrected chi connectivity index (χ3v) is 5.43. The van der Waals surface area contributed by atoms with Crippen LogP contribution in [0.4, 0.5) is 20.2 Å². The Labute approximate surface area is 187 Å². The molecule has 33 heavy (non-hydrogen) atoms.